The van der Waals surface area contributed by atoms with Gasteiger partial charge in [0.25, 0.3) is 0 Å². The van der Waals surface area contributed by atoms with Crippen molar-refractivity contribution in [3.8, 4) is 17.2 Å². The van der Waals surface area contributed by atoms with Gasteiger partial charge in [-0.05, 0) is 68.1 Å². The molecule has 6 atom stereocenters. The topological polar surface area (TPSA) is 131 Å². The van der Waals surface area contributed by atoms with E-state index in [-0.39, 0.29) is 46.4 Å². The molecular formula is C42H34ClFN2O8. The van der Waals surface area contributed by atoms with Gasteiger partial charge in [-0.15, -0.1) is 0 Å². The first-order valence-corrected chi connectivity index (χ1v) is 17.8. The number of halogens is 2. The maximum Gasteiger partial charge on any atom is 0.241 e. The number of rotatable bonds is 7. The molecule has 1 saturated carbocycles. The van der Waals surface area contributed by atoms with E-state index in [1.165, 1.54) is 32.4 Å². The number of allylic oxidation sites excluding steroid dienone is 2. The molecule has 3 fully saturated rings. The van der Waals surface area contributed by atoms with Gasteiger partial charge >= 0.3 is 0 Å². The monoisotopic (exact) mass is 748 g/mol. The lowest BCUT2D eigenvalue weighted by molar-refractivity contribution is -0.131. The summed E-state index contributed by atoms with van der Waals surface area (Å²) in [5.41, 5.74) is 0.627. The van der Waals surface area contributed by atoms with E-state index in [9.17, 15) is 33.5 Å². The summed E-state index contributed by atoms with van der Waals surface area (Å²) < 4.78 is 25.4. The Kier molecular flexibility index (Phi) is 8.45. The molecule has 274 valence electrons. The first-order chi connectivity index (χ1) is 25.9. The van der Waals surface area contributed by atoms with E-state index >= 15 is 0 Å². The lowest BCUT2D eigenvalue weighted by atomic mass is 9.51. The van der Waals surface area contributed by atoms with Gasteiger partial charge in [-0.1, -0.05) is 53.6 Å². The molecule has 54 heavy (non-hydrogen) atoms. The number of phenolic OH excluding ortho intramolecular Hbond substituents is 1. The number of hydrogen-bond donors (Lipinski definition) is 1. The highest BCUT2D eigenvalue weighted by atomic mass is 35.5. The van der Waals surface area contributed by atoms with Gasteiger partial charge < -0.3 is 14.6 Å². The number of nitrogens with zero attached hydrogens (tertiary/aromatic N) is 2. The van der Waals surface area contributed by atoms with Crippen LogP contribution in [0.5, 0.6) is 17.2 Å². The maximum absolute atomic E-state index is 14.7. The van der Waals surface area contributed by atoms with Crippen molar-refractivity contribution in [1.82, 2.24) is 0 Å². The Morgan fingerprint density at radius 2 is 1.52 bits per heavy atom. The molecule has 10 nitrogen and oxygen atoms in total. The molecule has 0 aromatic heterocycles. The van der Waals surface area contributed by atoms with Crippen LogP contribution < -0.4 is 19.3 Å². The average molecular weight is 749 g/mol. The second kappa shape index (κ2) is 12.9. The molecule has 1 N–H and O–H groups in total. The van der Waals surface area contributed by atoms with Gasteiger partial charge in [0.05, 0.1) is 53.8 Å². The summed E-state index contributed by atoms with van der Waals surface area (Å²) in [6, 6.07) is 21.6. The Hall–Kier alpha value is -5.81. The number of carbonyl (C=O) groups is 5. The molecular weight excluding hydrogens is 715 g/mol. The summed E-state index contributed by atoms with van der Waals surface area (Å²) in [7, 11) is 2.84. The molecule has 2 saturated heterocycles. The fourth-order valence-electron chi connectivity index (χ4n) is 9.13. The lowest BCUT2D eigenvalue weighted by Gasteiger charge is -2.49. The molecule has 4 aromatic carbocycles. The minimum absolute atomic E-state index is 0.0482. The number of amides is 4. The highest BCUT2D eigenvalue weighted by Crippen LogP contribution is 2.65. The lowest BCUT2D eigenvalue weighted by Crippen LogP contribution is -2.49. The predicted octanol–water partition coefficient (Wildman–Crippen LogP) is 6.87. The van der Waals surface area contributed by atoms with Crippen molar-refractivity contribution in [3.63, 3.8) is 0 Å². The molecule has 4 aromatic rings. The van der Waals surface area contributed by atoms with Crippen LogP contribution in [-0.4, -0.2) is 48.7 Å². The number of benzene rings is 4. The normalized spacial score (nSPS) is 25.9. The van der Waals surface area contributed by atoms with Crippen molar-refractivity contribution in [2.24, 2.45) is 29.1 Å². The number of phenols is 1. The average Bonchev–Trinajstić information content (AvgIpc) is 3.55. The number of fused-ring (bicyclic) bond motifs is 4. The van der Waals surface area contributed by atoms with E-state index in [2.05, 4.69) is 0 Å². The number of carbonyl (C=O) groups excluding carboxylic acids is 5. The number of aromatic hydroxyl groups is 1. The minimum atomic E-state index is -1.51. The number of hydrogen-bond acceptors (Lipinski definition) is 8. The molecule has 0 bridgehead atoms. The van der Waals surface area contributed by atoms with Crippen molar-refractivity contribution in [3.05, 3.63) is 124 Å². The molecule has 8 rings (SSSR count). The summed E-state index contributed by atoms with van der Waals surface area (Å²) in [6.45, 7) is 1.66. The zero-order valence-corrected chi connectivity index (χ0v) is 30.2. The maximum atomic E-state index is 14.7. The standard InChI is InChI=1S/C42H34ClFN2O8/c1-42-29(39(50)46(41(42)52)24-13-16-31(44)30(43)17-24)20-28-26(36(42)35-32(47)18-25(53-2)19-33(35)54-3)14-15-27-34(28)40(51)45(38(27)49)23-11-9-22(10-12-23)37(48)21-7-5-4-6-8-21/h4-14,16-19,27-29,34,36,47H,15,20H2,1-3H3/t27-,28+,29-,34-,36+,42+/m0/s1. The van der Waals surface area contributed by atoms with Crippen LogP contribution in [0.2, 0.25) is 5.02 Å². The van der Waals surface area contributed by atoms with E-state index in [1.807, 2.05) is 12.1 Å². The second-order valence-electron chi connectivity index (χ2n) is 14.3. The summed E-state index contributed by atoms with van der Waals surface area (Å²) >= 11 is 6.11. The van der Waals surface area contributed by atoms with E-state index in [0.717, 1.165) is 15.9 Å². The van der Waals surface area contributed by atoms with Crippen LogP contribution in [0, 0.1) is 34.9 Å². The van der Waals surface area contributed by atoms with Crippen molar-refractivity contribution in [2.45, 2.75) is 25.7 Å². The highest BCUT2D eigenvalue weighted by molar-refractivity contribution is 6.32. The van der Waals surface area contributed by atoms with Crippen molar-refractivity contribution in [1.29, 1.82) is 0 Å². The summed E-state index contributed by atoms with van der Waals surface area (Å²) in [5, 5.41) is 11.3. The van der Waals surface area contributed by atoms with E-state index in [0.29, 0.717) is 28.1 Å². The van der Waals surface area contributed by atoms with E-state index < -0.39 is 64.5 Å². The molecule has 12 heteroatoms. The molecule has 0 spiro atoms. The van der Waals surface area contributed by atoms with Gasteiger partial charge in [-0.2, -0.15) is 0 Å². The number of ether oxygens (including phenoxy) is 2. The minimum Gasteiger partial charge on any atom is -0.507 e. The van der Waals surface area contributed by atoms with Gasteiger partial charge in [0, 0.05) is 34.7 Å². The zero-order chi connectivity index (χ0) is 38.2. The zero-order valence-electron chi connectivity index (χ0n) is 29.4. The van der Waals surface area contributed by atoms with Crippen LogP contribution in [0.15, 0.2) is 96.6 Å². The van der Waals surface area contributed by atoms with Gasteiger partial charge in [0.1, 0.15) is 23.1 Å². The van der Waals surface area contributed by atoms with Gasteiger partial charge in [-0.25, -0.2) is 9.29 Å². The predicted molar refractivity (Wildman–Crippen MR) is 196 cm³/mol. The molecule has 4 aliphatic rings. The SMILES string of the molecule is COc1cc(O)c([C@H]2C3=CC[C@@H]4C(=O)N(c5ccc(C(=O)c6ccccc6)cc5)C(=O)[C@@H]4[C@@H]3C[C@H]3C(=O)N(c4ccc(F)c(Cl)c4)C(=O)[C@@]23C)c(OC)c1. The van der Waals surface area contributed by atoms with Crippen LogP contribution in [0.25, 0.3) is 0 Å². The largest absolute Gasteiger partial charge is 0.507 e. The number of anilines is 2. The second-order valence-corrected chi connectivity index (χ2v) is 14.7. The Morgan fingerprint density at radius 1 is 0.833 bits per heavy atom. The van der Waals surface area contributed by atoms with Crippen LogP contribution in [0.1, 0.15) is 47.2 Å². The number of methoxy groups -OCH3 is 2. The van der Waals surface area contributed by atoms with Crippen molar-refractivity contribution in [2.75, 3.05) is 24.0 Å². The third-order valence-corrected chi connectivity index (χ3v) is 12.0. The quantitative estimate of drug-likeness (QED) is 0.123. The van der Waals surface area contributed by atoms with Crippen LogP contribution in [0.3, 0.4) is 0 Å². The summed E-state index contributed by atoms with van der Waals surface area (Å²) in [6.07, 6.45) is 2.07. The number of imide groups is 2. The summed E-state index contributed by atoms with van der Waals surface area (Å²) in [4.78, 5) is 73.1. The van der Waals surface area contributed by atoms with Gasteiger partial charge in [-0.3, -0.25) is 28.9 Å². The van der Waals surface area contributed by atoms with E-state index in [4.69, 9.17) is 21.1 Å². The molecule has 2 aliphatic heterocycles. The molecule has 0 unspecified atom stereocenters. The Morgan fingerprint density at radius 3 is 2.19 bits per heavy atom. The third kappa shape index (κ3) is 5.09. The first-order valence-electron chi connectivity index (χ1n) is 17.5. The Balaban J connectivity index is 1.22. The van der Waals surface area contributed by atoms with Crippen molar-refractivity contribution < 1.29 is 42.9 Å². The fraction of sp³-hybridized carbons (Fsp3) is 0.262. The van der Waals surface area contributed by atoms with Crippen molar-refractivity contribution >= 4 is 52.4 Å². The molecule has 2 aliphatic carbocycles. The number of ketones is 1. The molecule has 0 radical (unpaired) electrons. The van der Waals surface area contributed by atoms with Gasteiger partial charge in [0.2, 0.25) is 23.6 Å². The molecule has 2 heterocycles. The van der Waals surface area contributed by atoms with Crippen LogP contribution >= 0.6 is 11.6 Å². The fourth-order valence-corrected chi connectivity index (χ4v) is 9.31. The Labute approximate surface area is 314 Å². The summed E-state index contributed by atoms with van der Waals surface area (Å²) in [5.74, 6) is -7.06. The van der Waals surface area contributed by atoms with Crippen LogP contribution in [-0.2, 0) is 19.2 Å². The van der Waals surface area contributed by atoms with Crippen LogP contribution in [0.4, 0.5) is 15.8 Å². The highest BCUT2D eigenvalue weighted by Gasteiger charge is 2.68. The van der Waals surface area contributed by atoms with Gasteiger partial charge in [0.15, 0.2) is 5.78 Å². The smallest absolute Gasteiger partial charge is 0.241 e. The molecule has 4 amide bonds. The first kappa shape index (κ1) is 35.2. The third-order valence-electron chi connectivity index (χ3n) is 11.7. The van der Waals surface area contributed by atoms with E-state index in [1.54, 1.807) is 61.5 Å². The Bertz CT molecular complexity index is 2310.